The lowest BCUT2D eigenvalue weighted by molar-refractivity contribution is 0.262. The normalized spacial score (nSPS) is 10.4. The van der Waals surface area contributed by atoms with Gasteiger partial charge >= 0.3 is 6.03 Å². The molecular weight excluding hydrogens is 370 g/mol. The lowest BCUT2D eigenvalue weighted by Crippen LogP contribution is -2.19. The number of imidazole rings is 1. The third-order valence-electron chi connectivity index (χ3n) is 3.46. The summed E-state index contributed by atoms with van der Waals surface area (Å²) in [7, 11) is 0. The maximum atomic E-state index is 12.2. The highest BCUT2D eigenvalue weighted by Gasteiger charge is 2.06. The van der Waals surface area contributed by atoms with Crippen molar-refractivity contribution >= 4 is 39.3 Å². The Hall–Kier alpha value is -2.80. The van der Waals surface area contributed by atoms with Crippen LogP contribution >= 0.6 is 15.9 Å². The van der Waals surface area contributed by atoms with Crippen molar-refractivity contribution in [2.24, 2.45) is 0 Å². The lowest BCUT2D eigenvalue weighted by atomic mass is 10.1. The van der Waals surface area contributed by atoms with Gasteiger partial charge in [0.1, 0.15) is 0 Å². The largest absolute Gasteiger partial charge is 0.369 e. The minimum atomic E-state index is -0.313. The first-order valence-corrected chi connectivity index (χ1v) is 8.05. The minimum Gasteiger partial charge on any atom is -0.369 e. The Balaban J connectivity index is 1.71. The molecule has 122 valence electrons. The van der Waals surface area contributed by atoms with Crippen molar-refractivity contribution in [1.82, 2.24) is 9.97 Å². The number of benzene rings is 2. The van der Waals surface area contributed by atoms with Gasteiger partial charge in [0.2, 0.25) is 0 Å². The number of hydrogen-bond donors (Lipinski definition) is 4. The Morgan fingerprint density at radius 2 is 1.92 bits per heavy atom. The zero-order chi connectivity index (χ0) is 17.1. The van der Waals surface area contributed by atoms with Crippen LogP contribution in [0.2, 0.25) is 0 Å². The number of aromatic nitrogens is 2. The summed E-state index contributed by atoms with van der Waals surface area (Å²) in [5.41, 5.74) is 9.75. The number of carbonyl (C=O) groups is 1. The topological polar surface area (TPSA) is 95.8 Å². The average Bonchev–Trinajstić information content (AvgIpc) is 2.98. The number of amides is 2. The summed E-state index contributed by atoms with van der Waals surface area (Å²) >= 11 is 3.45. The molecule has 0 aliphatic carbocycles. The van der Waals surface area contributed by atoms with Crippen LogP contribution in [0.1, 0.15) is 5.56 Å². The molecule has 24 heavy (non-hydrogen) atoms. The van der Waals surface area contributed by atoms with E-state index >= 15 is 0 Å². The Morgan fingerprint density at radius 3 is 2.58 bits per heavy atom. The molecule has 2 amide bonds. The van der Waals surface area contributed by atoms with Crippen molar-refractivity contribution in [1.29, 1.82) is 0 Å². The first-order valence-electron chi connectivity index (χ1n) is 7.26. The summed E-state index contributed by atoms with van der Waals surface area (Å²) in [5, 5.41) is 5.61. The number of hydrogen-bond acceptors (Lipinski definition) is 3. The van der Waals surface area contributed by atoms with E-state index in [0.29, 0.717) is 17.3 Å². The number of urea groups is 1. The van der Waals surface area contributed by atoms with Crippen LogP contribution in [-0.2, 0) is 0 Å². The van der Waals surface area contributed by atoms with E-state index in [9.17, 15) is 4.79 Å². The first kappa shape index (κ1) is 16.1. The molecule has 7 heteroatoms. The smallest absolute Gasteiger partial charge is 0.323 e. The number of nitrogens with two attached hydrogens (primary N) is 1. The van der Waals surface area contributed by atoms with Gasteiger partial charge < -0.3 is 21.4 Å². The van der Waals surface area contributed by atoms with E-state index < -0.39 is 0 Å². The van der Waals surface area contributed by atoms with E-state index in [1.54, 1.807) is 6.20 Å². The fraction of sp³-hybridized carbons (Fsp3) is 0.0588. The number of aromatic amines is 1. The highest BCUT2D eigenvalue weighted by molar-refractivity contribution is 9.10. The summed E-state index contributed by atoms with van der Waals surface area (Å²) < 4.78 is 0.944. The number of aryl methyl sites for hydroxylation is 1. The van der Waals surface area contributed by atoms with Crippen LogP contribution in [0.3, 0.4) is 0 Å². The van der Waals surface area contributed by atoms with Crippen LogP contribution in [0.5, 0.6) is 0 Å². The maximum Gasteiger partial charge on any atom is 0.323 e. The SMILES string of the molecule is Cc1ccc(NC(=O)Nc2cccc(-c3cnc(N)[nH]3)c2)cc1Br. The maximum absolute atomic E-state index is 12.2. The summed E-state index contributed by atoms with van der Waals surface area (Å²) in [6.45, 7) is 1.99. The van der Waals surface area contributed by atoms with Gasteiger partial charge in [-0.2, -0.15) is 0 Å². The highest BCUT2D eigenvalue weighted by Crippen LogP contribution is 2.23. The number of nitrogen functional groups attached to an aromatic ring is 1. The van der Waals surface area contributed by atoms with Crippen LogP contribution in [0.4, 0.5) is 22.1 Å². The summed E-state index contributed by atoms with van der Waals surface area (Å²) in [6.07, 6.45) is 1.65. The number of anilines is 3. The standard InChI is InChI=1S/C17H16BrN5O/c1-10-5-6-13(8-14(10)18)22-17(24)21-12-4-2-3-11(7-12)15-9-20-16(19)23-15/h2-9H,1H3,(H3,19,20,23)(H2,21,22,24). The van der Waals surface area contributed by atoms with Crippen LogP contribution in [-0.4, -0.2) is 16.0 Å². The molecule has 0 aliphatic heterocycles. The first-order chi connectivity index (χ1) is 11.5. The Labute approximate surface area is 147 Å². The zero-order valence-corrected chi connectivity index (χ0v) is 14.5. The van der Waals surface area contributed by atoms with Gasteiger partial charge in [-0.05, 0) is 36.8 Å². The molecular formula is C17H16BrN5O. The van der Waals surface area contributed by atoms with Gasteiger partial charge in [0.15, 0.2) is 5.95 Å². The molecule has 1 heterocycles. The molecule has 0 radical (unpaired) electrons. The van der Waals surface area contributed by atoms with Crippen LogP contribution in [0.15, 0.2) is 53.1 Å². The Morgan fingerprint density at radius 1 is 1.17 bits per heavy atom. The lowest BCUT2D eigenvalue weighted by Gasteiger charge is -2.09. The number of rotatable bonds is 3. The molecule has 5 N–H and O–H groups in total. The van der Waals surface area contributed by atoms with Crippen molar-refractivity contribution < 1.29 is 4.79 Å². The van der Waals surface area contributed by atoms with E-state index in [-0.39, 0.29) is 6.03 Å². The van der Waals surface area contributed by atoms with Gasteiger partial charge in [-0.3, -0.25) is 0 Å². The van der Waals surface area contributed by atoms with E-state index in [1.807, 2.05) is 49.4 Å². The van der Waals surface area contributed by atoms with Crippen LogP contribution in [0, 0.1) is 6.92 Å². The van der Waals surface area contributed by atoms with Gasteiger partial charge in [0.25, 0.3) is 0 Å². The molecule has 0 saturated heterocycles. The molecule has 0 atom stereocenters. The fourth-order valence-electron chi connectivity index (χ4n) is 2.21. The number of halogens is 1. The van der Waals surface area contributed by atoms with Gasteiger partial charge in [0.05, 0.1) is 11.9 Å². The Bertz CT molecular complexity index is 890. The monoisotopic (exact) mass is 385 g/mol. The van der Waals surface area contributed by atoms with Gasteiger partial charge in [-0.25, -0.2) is 9.78 Å². The second-order valence-corrected chi connectivity index (χ2v) is 6.16. The van der Waals surface area contributed by atoms with Gasteiger partial charge in [0, 0.05) is 21.4 Å². The molecule has 0 saturated carbocycles. The summed E-state index contributed by atoms with van der Waals surface area (Å²) in [4.78, 5) is 19.1. The van der Waals surface area contributed by atoms with Crippen LogP contribution in [0.25, 0.3) is 11.3 Å². The summed E-state index contributed by atoms with van der Waals surface area (Å²) in [5.74, 6) is 0.353. The fourth-order valence-corrected chi connectivity index (χ4v) is 2.59. The van der Waals surface area contributed by atoms with Crippen LogP contribution < -0.4 is 16.4 Å². The predicted molar refractivity (Wildman–Crippen MR) is 100.0 cm³/mol. The molecule has 2 aromatic carbocycles. The van der Waals surface area contributed by atoms with Gasteiger partial charge in [-0.1, -0.05) is 34.1 Å². The second kappa shape index (κ2) is 6.76. The van der Waals surface area contributed by atoms with Gasteiger partial charge in [-0.15, -0.1) is 0 Å². The predicted octanol–water partition coefficient (Wildman–Crippen LogP) is 4.37. The Kier molecular flexibility index (Phi) is 4.52. The molecule has 6 nitrogen and oxygen atoms in total. The molecule has 0 aliphatic rings. The van der Waals surface area contributed by atoms with E-state index in [2.05, 4.69) is 36.5 Å². The molecule has 1 aromatic heterocycles. The third kappa shape index (κ3) is 3.75. The molecule has 0 spiro atoms. The molecule has 0 bridgehead atoms. The van der Waals surface area contributed by atoms with Crippen molar-refractivity contribution in [2.75, 3.05) is 16.4 Å². The summed E-state index contributed by atoms with van der Waals surface area (Å²) in [6, 6.07) is 12.8. The van der Waals surface area contributed by atoms with E-state index in [0.717, 1.165) is 21.3 Å². The number of nitrogens with one attached hydrogen (secondary N) is 3. The highest BCUT2D eigenvalue weighted by atomic mass is 79.9. The molecule has 0 fully saturated rings. The van der Waals surface area contributed by atoms with E-state index in [1.165, 1.54) is 0 Å². The number of nitrogens with zero attached hydrogens (tertiary/aromatic N) is 1. The van der Waals surface area contributed by atoms with E-state index in [4.69, 9.17) is 5.73 Å². The zero-order valence-electron chi connectivity index (χ0n) is 12.9. The number of H-pyrrole nitrogens is 1. The molecule has 3 rings (SSSR count). The number of carbonyl (C=O) groups excluding carboxylic acids is 1. The molecule has 3 aromatic rings. The minimum absolute atomic E-state index is 0.313. The van der Waals surface area contributed by atoms with Crippen molar-refractivity contribution in [3.05, 3.63) is 58.7 Å². The van der Waals surface area contributed by atoms with Crippen molar-refractivity contribution in [3.8, 4) is 11.3 Å². The second-order valence-electron chi connectivity index (χ2n) is 5.31. The molecule has 0 unspecified atom stereocenters. The third-order valence-corrected chi connectivity index (χ3v) is 4.31. The average molecular weight is 386 g/mol. The quantitative estimate of drug-likeness (QED) is 0.538. The van der Waals surface area contributed by atoms with Crippen molar-refractivity contribution in [2.45, 2.75) is 6.92 Å². The van der Waals surface area contributed by atoms with Crippen molar-refractivity contribution in [3.63, 3.8) is 0 Å².